The van der Waals surface area contributed by atoms with Crippen LogP contribution < -0.4 is 0 Å². The number of fused-ring (bicyclic) bond motifs is 1. The van der Waals surface area contributed by atoms with Gasteiger partial charge in [-0.1, -0.05) is 35.9 Å². The fraction of sp³-hybridized carbons (Fsp3) is 0.379. The van der Waals surface area contributed by atoms with Crippen LogP contribution in [0.2, 0.25) is 0 Å². The molecule has 0 saturated carbocycles. The molecule has 1 atom stereocenters. The molecule has 2 amide bonds. The van der Waals surface area contributed by atoms with E-state index in [0.29, 0.717) is 32.6 Å². The Kier molecular flexibility index (Phi) is 8.89. The van der Waals surface area contributed by atoms with Gasteiger partial charge in [0.2, 0.25) is 5.91 Å². The zero-order valence-corrected chi connectivity index (χ0v) is 22.3. The number of hydrogen-bond donors (Lipinski definition) is 0. The van der Waals surface area contributed by atoms with E-state index in [2.05, 4.69) is 0 Å². The minimum atomic E-state index is -4.57. The summed E-state index contributed by atoms with van der Waals surface area (Å²) in [6.07, 6.45) is -3.39. The topological polar surface area (TPSA) is 49.9 Å². The highest BCUT2D eigenvalue weighted by atomic mass is 32.1. The normalized spacial score (nSPS) is 15.3. The molecule has 0 N–H and O–H groups in total. The molecule has 5 nitrogen and oxygen atoms in total. The monoisotopic (exact) mass is 544 g/mol. The van der Waals surface area contributed by atoms with E-state index in [9.17, 15) is 22.8 Å². The molecule has 2 heterocycles. The lowest BCUT2D eigenvalue weighted by molar-refractivity contribution is -0.137. The van der Waals surface area contributed by atoms with E-state index in [-0.39, 0.29) is 30.6 Å². The van der Waals surface area contributed by atoms with Gasteiger partial charge in [-0.2, -0.15) is 13.2 Å². The van der Waals surface area contributed by atoms with Gasteiger partial charge in [0.25, 0.3) is 5.91 Å². The number of halogens is 3. The number of thiophene rings is 1. The van der Waals surface area contributed by atoms with Crippen molar-refractivity contribution in [3.8, 4) is 0 Å². The highest BCUT2D eigenvalue weighted by Gasteiger charge is 2.35. The van der Waals surface area contributed by atoms with E-state index < -0.39 is 17.6 Å². The summed E-state index contributed by atoms with van der Waals surface area (Å²) in [6, 6.07) is 14.1. The van der Waals surface area contributed by atoms with Crippen LogP contribution >= 0.6 is 11.3 Å². The van der Waals surface area contributed by atoms with Crippen LogP contribution in [0.1, 0.15) is 56.9 Å². The Morgan fingerprint density at radius 2 is 1.89 bits per heavy atom. The number of alkyl halides is 3. The van der Waals surface area contributed by atoms with Crippen LogP contribution in [0.4, 0.5) is 13.2 Å². The molecule has 0 fully saturated rings. The number of amides is 2. The third-order valence-electron chi connectivity index (χ3n) is 6.65. The summed E-state index contributed by atoms with van der Waals surface area (Å²) in [5, 5.41) is 2.02. The maximum atomic E-state index is 13.8. The van der Waals surface area contributed by atoms with Gasteiger partial charge in [-0.05, 0) is 67.5 Å². The Morgan fingerprint density at radius 1 is 1.13 bits per heavy atom. The maximum absolute atomic E-state index is 13.8. The van der Waals surface area contributed by atoms with Gasteiger partial charge in [-0.15, -0.1) is 11.3 Å². The summed E-state index contributed by atoms with van der Waals surface area (Å²) < 4.78 is 45.3. The smallest absolute Gasteiger partial charge is 0.382 e. The number of carbonyl (C=O) groups excluding carboxylic acids is 2. The summed E-state index contributed by atoms with van der Waals surface area (Å²) in [6.45, 7) is 5.20. The first kappa shape index (κ1) is 27.9. The van der Waals surface area contributed by atoms with E-state index in [1.165, 1.54) is 21.9 Å². The lowest BCUT2D eigenvalue weighted by atomic mass is 9.92. The van der Waals surface area contributed by atoms with Crippen LogP contribution in [0.15, 0.2) is 60.0 Å². The molecule has 1 aromatic heterocycles. The van der Waals surface area contributed by atoms with Crippen molar-refractivity contribution >= 4 is 23.2 Å². The van der Waals surface area contributed by atoms with Crippen molar-refractivity contribution in [1.29, 1.82) is 0 Å². The number of hydrogen-bond acceptors (Lipinski definition) is 4. The van der Waals surface area contributed by atoms with Crippen molar-refractivity contribution in [2.24, 2.45) is 0 Å². The number of ether oxygens (including phenoxy) is 1. The standard InChI is InChI=1S/C29H31F3N2O3S/c1-3-37-16-5-14-33(28(36)22-6-4-7-23(18-22)29(30,31)32)19-26(35)34-15-12-25-24(13-17-38-25)27(34)21-10-8-20(2)9-11-21/h4,6-11,13,17-18,27H,3,5,12,14-16,19H2,1-2H3. The average molecular weight is 545 g/mol. The van der Waals surface area contributed by atoms with E-state index in [1.807, 2.05) is 49.6 Å². The molecule has 0 aliphatic carbocycles. The molecular weight excluding hydrogens is 513 g/mol. The largest absolute Gasteiger partial charge is 0.416 e. The number of rotatable bonds is 9. The molecular formula is C29H31F3N2O3S. The predicted octanol–water partition coefficient (Wildman–Crippen LogP) is 6.12. The zero-order valence-electron chi connectivity index (χ0n) is 21.5. The van der Waals surface area contributed by atoms with Crippen LogP contribution in [0.3, 0.4) is 0 Å². The van der Waals surface area contributed by atoms with E-state index in [0.717, 1.165) is 28.8 Å². The van der Waals surface area contributed by atoms with Crippen molar-refractivity contribution in [1.82, 2.24) is 9.80 Å². The molecule has 2 aromatic carbocycles. The van der Waals surface area contributed by atoms with Crippen LogP contribution in [0.5, 0.6) is 0 Å². The Hall–Kier alpha value is -3.17. The van der Waals surface area contributed by atoms with Crippen molar-refractivity contribution in [3.05, 3.63) is 92.7 Å². The van der Waals surface area contributed by atoms with Gasteiger partial charge >= 0.3 is 6.18 Å². The fourth-order valence-corrected chi connectivity index (χ4v) is 5.62. The summed E-state index contributed by atoms with van der Waals surface area (Å²) in [5.74, 6) is -0.856. The SMILES string of the molecule is CCOCCCN(CC(=O)N1CCc2sccc2C1c1ccc(C)cc1)C(=O)c1cccc(C(F)(F)F)c1. The van der Waals surface area contributed by atoms with Gasteiger partial charge in [0, 0.05) is 36.7 Å². The molecule has 0 saturated heterocycles. The molecule has 38 heavy (non-hydrogen) atoms. The van der Waals surface area contributed by atoms with E-state index >= 15 is 0 Å². The molecule has 4 rings (SSSR count). The van der Waals surface area contributed by atoms with Gasteiger partial charge in [0.05, 0.1) is 11.6 Å². The third-order valence-corrected chi connectivity index (χ3v) is 7.65. The summed E-state index contributed by atoms with van der Waals surface area (Å²) in [4.78, 5) is 31.5. The number of aryl methyl sites for hydroxylation is 1. The summed E-state index contributed by atoms with van der Waals surface area (Å²) in [5.41, 5.74) is 2.17. The molecule has 3 aromatic rings. The minimum absolute atomic E-state index is 0.0992. The third kappa shape index (κ3) is 6.45. The number of benzene rings is 2. The lowest BCUT2D eigenvalue weighted by Gasteiger charge is -2.37. The van der Waals surface area contributed by atoms with Gasteiger partial charge in [-0.3, -0.25) is 9.59 Å². The summed E-state index contributed by atoms with van der Waals surface area (Å²) >= 11 is 1.67. The number of nitrogens with zero attached hydrogens (tertiary/aromatic N) is 2. The minimum Gasteiger partial charge on any atom is -0.382 e. The molecule has 0 bridgehead atoms. The Balaban J connectivity index is 1.60. The first-order valence-corrected chi connectivity index (χ1v) is 13.5. The Bertz CT molecular complexity index is 1260. The van der Waals surface area contributed by atoms with Crippen LogP contribution in [-0.2, 0) is 22.1 Å². The van der Waals surface area contributed by atoms with Crippen LogP contribution in [0, 0.1) is 6.92 Å². The van der Waals surface area contributed by atoms with Gasteiger partial charge in [0.1, 0.15) is 6.54 Å². The first-order chi connectivity index (χ1) is 18.2. The Morgan fingerprint density at radius 3 is 2.61 bits per heavy atom. The number of carbonyl (C=O) groups is 2. The molecule has 9 heteroatoms. The molecule has 0 spiro atoms. The second-order valence-electron chi connectivity index (χ2n) is 9.31. The van der Waals surface area contributed by atoms with E-state index in [1.54, 1.807) is 16.2 Å². The zero-order chi connectivity index (χ0) is 27.3. The Labute approximate surface area is 224 Å². The van der Waals surface area contributed by atoms with Crippen molar-refractivity contribution in [2.75, 3.05) is 32.8 Å². The van der Waals surface area contributed by atoms with E-state index in [4.69, 9.17) is 4.74 Å². The van der Waals surface area contributed by atoms with Gasteiger partial charge in [-0.25, -0.2) is 0 Å². The van der Waals surface area contributed by atoms with Crippen LogP contribution in [0.25, 0.3) is 0 Å². The molecule has 1 aliphatic heterocycles. The van der Waals surface area contributed by atoms with Crippen molar-refractivity contribution in [2.45, 2.75) is 38.9 Å². The van der Waals surface area contributed by atoms with Gasteiger partial charge in [0.15, 0.2) is 0 Å². The molecule has 1 aliphatic rings. The average Bonchev–Trinajstić information content (AvgIpc) is 3.38. The van der Waals surface area contributed by atoms with Gasteiger partial charge < -0.3 is 14.5 Å². The van der Waals surface area contributed by atoms with Crippen LogP contribution in [-0.4, -0.2) is 54.5 Å². The highest BCUT2D eigenvalue weighted by molar-refractivity contribution is 7.10. The maximum Gasteiger partial charge on any atom is 0.416 e. The highest BCUT2D eigenvalue weighted by Crippen LogP contribution is 2.38. The molecule has 202 valence electrons. The molecule has 0 radical (unpaired) electrons. The predicted molar refractivity (Wildman–Crippen MR) is 141 cm³/mol. The summed E-state index contributed by atoms with van der Waals surface area (Å²) in [7, 11) is 0. The second kappa shape index (κ2) is 12.1. The lowest BCUT2D eigenvalue weighted by Crippen LogP contribution is -2.47. The van der Waals surface area contributed by atoms with Crippen molar-refractivity contribution < 1.29 is 27.5 Å². The second-order valence-corrected chi connectivity index (χ2v) is 10.3. The first-order valence-electron chi connectivity index (χ1n) is 12.7. The quantitative estimate of drug-likeness (QED) is 0.305. The fourth-order valence-electron chi connectivity index (χ4n) is 4.71. The molecule has 1 unspecified atom stereocenters. The van der Waals surface area contributed by atoms with Crippen molar-refractivity contribution in [3.63, 3.8) is 0 Å².